The number of fused-ring (bicyclic) bond motifs is 1. The topological polar surface area (TPSA) is 75.6 Å². The molecule has 1 aliphatic rings. The molecular weight excluding hydrogens is 230 g/mol. The number of ether oxygens (including phenoxy) is 1. The van der Waals surface area contributed by atoms with Crippen molar-refractivity contribution >= 4 is 15.7 Å². The van der Waals surface area contributed by atoms with Crippen LogP contribution in [0.25, 0.3) is 0 Å². The lowest BCUT2D eigenvalue weighted by atomic mass is 9.98. The van der Waals surface area contributed by atoms with Crippen LogP contribution in [0.1, 0.15) is 19.4 Å². The van der Waals surface area contributed by atoms with Gasteiger partial charge in [0.2, 0.25) is 5.94 Å². The second-order valence-corrected chi connectivity index (χ2v) is 5.92. The number of nitrogens with one attached hydrogen (secondary N) is 1. The average molecular weight is 243 g/mol. The highest BCUT2D eigenvalue weighted by Gasteiger charge is 2.24. The zero-order chi connectivity index (χ0) is 12.0. The summed E-state index contributed by atoms with van der Waals surface area (Å²) in [6.45, 7) is 3.26. The Morgan fingerprint density at radius 3 is 2.75 bits per heavy atom. The Morgan fingerprint density at radius 1 is 1.44 bits per heavy atom. The van der Waals surface area contributed by atoms with Crippen LogP contribution in [0, 0.1) is 0 Å². The molecule has 0 fully saturated rings. The number of anilines is 1. The number of sulfonamides is 1. The minimum absolute atomic E-state index is 0.367. The molecule has 0 aromatic heterocycles. The third kappa shape index (κ3) is 2.12. The summed E-state index contributed by atoms with van der Waals surface area (Å²) in [5.41, 5.74) is -0.0249. The van der Waals surface area contributed by atoms with E-state index in [9.17, 15) is 13.5 Å². The normalized spacial score (nSPS) is 18.2. The molecule has 0 unspecified atom stereocenters. The SMILES string of the molecule is CC(C)(O)c1ccc2c(c1)NS(=O)(=O)CO2. The van der Waals surface area contributed by atoms with Gasteiger partial charge in [0.25, 0.3) is 10.0 Å². The molecule has 1 aromatic carbocycles. The van der Waals surface area contributed by atoms with Gasteiger partial charge >= 0.3 is 0 Å². The lowest BCUT2D eigenvalue weighted by molar-refractivity contribution is 0.0786. The number of benzene rings is 1. The largest absolute Gasteiger partial charge is 0.474 e. The zero-order valence-electron chi connectivity index (χ0n) is 9.02. The summed E-state index contributed by atoms with van der Waals surface area (Å²) in [4.78, 5) is 0. The minimum Gasteiger partial charge on any atom is -0.474 e. The van der Waals surface area contributed by atoms with Crippen LogP contribution in [-0.4, -0.2) is 19.5 Å². The Kier molecular flexibility index (Phi) is 2.36. The van der Waals surface area contributed by atoms with Crippen LogP contribution in [0.4, 0.5) is 5.69 Å². The predicted molar refractivity (Wildman–Crippen MR) is 59.7 cm³/mol. The molecule has 2 rings (SSSR count). The fourth-order valence-corrected chi connectivity index (χ4v) is 2.29. The third-order valence-corrected chi connectivity index (χ3v) is 3.28. The van der Waals surface area contributed by atoms with E-state index in [0.29, 0.717) is 17.0 Å². The molecule has 6 heteroatoms. The van der Waals surface area contributed by atoms with E-state index >= 15 is 0 Å². The smallest absolute Gasteiger partial charge is 0.268 e. The summed E-state index contributed by atoms with van der Waals surface area (Å²) < 4.78 is 30.0. The number of rotatable bonds is 1. The molecule has 1 heterocycles. The van der Waals surface area contributed by atoms with Crippen molar-refractivity contribution in [3.05, 3.63) is 23.8 Å². The van der Waals surface area contributed by atoms with Crippen LogP contribution in [0.3, 0.4) is 0 Å². The van der Waals surface area contributed by atoms with E-state index in [1.54, 1.807) is 32.0 Å². The molecule has 1 aromatic rings. The molecule has 2 N–H and O–H groups in total. The molecule has 16 heavy (non-hydrogen) atoms. The van der Waals surface area contributed by atoms with Crippen molar-refractivity contribution in [2.45, 2.75) is 19.4 Å². The molecule has 0 aliphatic carbocycles. The van der Waals surface area contributed by atoms with Crippen molar-refractivity contribution in [1.82, 2.24) is 0 Å². The van der Waals surface area contributed by atoms with Crippen molar-refractivity contribution in [3.8, 4) is 5.75 Å². The zero-order valence-corrected chi connectivity index (χ0v) is 9.84. The highest BCUT2D eigenvalue weighted by Crippen LogP contribution is 2.33. The minimum atomic E-state index is -3.41. The molecular formula is C10H13NO4S. The maximum Gasteiger partial charge on any atom is 0.268 e. The Balaban J connectivity index is 2.46. The van der Waals surface area contributed by atoms with Crippen LogP contribution in [0.15, 0.2) is 18.2 Å². The first-order valence-electron chi connectivity index (χ1n) is 4.78. The molecule has 5 nitrogen and oxygen atoms in total. The van der Waals surface area contributed by atoms with E-state index in [2.05, 4.69) is 4.72 Å². The highest BCUT2D eigenvalue weighted by molar-refractivity contribution is 7.92. The maximum atomic E-state index is 11.3. The number of hydrogen-bond donors (Lipinski definition) is 2. The summed E-state index contributed by atoms with van der Waals surface area (Å²) in [6, 6.07) is 4.93. The van der Waals surface area contributed by atoms with E-state index in [1.807, 2.05) is 0 Å². The van der Waals surface area contributed by atoms with Gasteiger partial charge < -0.3 is 9.84 Å². The van der Waals surface area contributed by atoms with Gasteiger partial charge in [-0.15, -0.1) is 0 Å². The van der Waals surface area contributed by atoms with Crippen molar-refractivity contribution in [2.24, 2.45) is 0 Å². The second-order valence-electron chi connectivity index (χ2n) is 4.25. The van der Waals surface area contributed by atoms with Crippen molar-refractivity contribution in [2.75, 3.05) is 10.7 Å². The number of hydrogen-bond acceptors (Lipinski definition) is 4. The molecule has 0 radical (unpaired) electrons. The van der Waals surface area contributed by atoms with Crippen LogP contribution in [0.5, 0.6) is 5.75 Å². The van der Waals surface area contributed by atoms with Crippen LogP contribution >= 0.6 is 0 Å². The van der Waals surface area contributed by atoms with E-state index in [1.165, 1.54) is 0 Å². The third-order valence-electron chi connectivity index (χ3n) is 2.32. The molecule has 88 valence electrons. The number of aliphatic hydroxyl groups is 1. The lowest BCUT2D eigenvalue weighted by Crippen LogP contribution is -2.26. The predicted octanol–water partition coefficient (Wildman–Crippen LogP) is 1.01. The molecule has 0 saturated heterocycles. The maximum absolute atomic E-state index is 11.3. The summed E-state index contributed by atoms with van der Waals surface area (Å²) in [5.74, 6) is 0.102. The highest BCUT2D eigenvalue weighted by atomic mass is 32.2. The summed E-state index contributed by atoms with van der Waals surface area (Å²) in [6.07, 6.45) is 0. The van der Waals surface area contributed by atoms with Crippen LogP contribution in [-0.2, 0) is 15.6 Å². The van der Waals surface area contributed by atoms with Gasteiger partial charge in [0.05, 0.1) is 11.3 Å². The monoisotopic (exact) mass is 243 g/mol. The molecule has 1 aliphatic heterocycles. The molecule has 0 spiro atoms. The van der Waals surface area contributed by atoms with E-state index < -0.39 is 15.6 Å². The Bertz CT molecular complexity index is 516. The van der Waals surface area contributed by atoms with Gasteiger partial charge in [-0.3, -0.25) is 4.72 Å². The van der Waals surface area contributed by atoms with Crippen molar-refractivity contribution in [1.29, 1.82) is 0 Å². The molecule has 0 bridgehead atoms. The van der Waals surface area contributed by atoms with E-state index in [0.717, 1.165) is 0 Å². The Labute approximate surface area is 94.1 Å². The fraction of sp³-hybridized carbons (Fsp3) is 0.400. The van der Waals surface area contributed by atoms with Crippen LogP contribution < -0.4 is 9.46 Å². The van der Waals surface area contributed by atoms with Gasteiger partial charge in [0, 0.05) is 0 Å². The van der Waals surface area contributed by atoms with Gasteiger partial charge in [-0.05, 0) is 31.5 Å². The molecule has 0 amide bonds. The summed E-state index contributed by atoms with van der Waals surface area (Å²) in [7, 11) is -3.41. The van der Waals surface area contributed by atoms with E-state index in [-0.39, 0.29) is 5.94 Å². The molecule has 0 saturated carbocycles. The lowest BCUT2D eigenvalue weighted by Gasteiger charge is -2.23. The Hall–Kier alpha value is -1.27. The van der Waals surface area contributed by atoms with Gasteiger partial charge in [-0.2, -0.15) is 0 Å². The first-order chi connectivity index (χ1) is 7.28. The van der Waals surface area contributed by atoms with Crippen molar-refractivity contribution in [3.63, 3.8) is 0 Å². The summed E-state index contributed by atoms with van der Waals surface area (Å²) in [5, 5.41) is 9.80. The van der Waals surface area contributed by atoms with Gasteiger partial charge in [-0.1, -0.05) is 6.07 Å². The van der Waals surface area contributed by atoms with Gasteiger partial charge in [-0.25, -0.2) is 8.42 Å². The van der Waals surface area contributed by atoms with E-state index in [4.69, 9.17) is 4.74 Å². The first-order valence-corrected chi connectivity index (χ1v) is 6.43. The van der Waals surface area contributed by atoms with Gasteiger partial charge in [0.1, 0.15) is 5.75 Å². The van der Waals surface area contributed by atoms with Crippen LogP contribution in [0.2, 0.25) is 0 Å². The first kappa shape index (κ1) is 11.2. The molecule has 0 atom stereocenters. The fourth-order valence-electron chi connectivity index (χ4n) is 1.45. The Morgan fingerprint density at radius 2 is 2.12 bits per heavy atom. The average Bonchev–Trinajstić information content (AvgIpc) is 2.13. The van der Waals surface area contributed by atoms with Gasteiger partial charge in [0.15, 0.2) is 0 Å². The second kappa shape index (κ2) is 3.36. The standard InChI is InChI=1S/C10H13NO4S/c1-10(2,12)7-3-4-9-8(5-7)11-16(13,14)6-15-9/h3-5,11-12H,6H2,1-2H3. The van der Waals surface area contributed by atoms with Crippen molar-refractivity contribution < 1.29 is 18.3 Å². The quantitative estimate of drug-likeness (QED) is 0.771. The summed E-state index contributed by atoms with van der Waals surface area (Å²) >= 11 is 0.